The number of nitrogens with two attached hydrogens (primary N) is 1. The number of rotatable bonds is 5. The number of H-pyrrole nitrogens is 1. The number of hydrogen-bond donors (Lipinski definition) is 2. The zero-order valence-corrected chi connectivity index (χ0v) is 12.8. The third-order valence-electron chi connectivity index (χ3n) is 4.27. The molecule has 2 aromatic heterocycles. The molecule has 1 fully saturated rings. The monoisotopic (exact) mass is 302 g/mol. The van der Waals surface area contributed by atoms with E-state index >= 15 is 0 Å². The third kappa shape index (κ3) is 3.36. The Bertz CT molecular complexity index is 646. The minimum Gasteiger partial charge on any atom is -0.364 e. The van der Waals surface area contributed by atoms with Gasteiger partial charge in [-0.3, -0.25) is 14.6 Å². The zero-order chi connectivity index (χ0) is 15.5. The maximum absolute atomic E-state index is 11.1. The van der Waals surface area contributed by atoms with Gasteiger partial charge in [-0.2, -0.15) is 10.2 Å². The highest BCUT2D eigenvalue weighted by Gasteiger charge is 2.23. The Morgan fingerprint density at radius 3 is 3.09 bits per heavy atom. The summed E-state index contributed by atoms with van der Waals surface area (Å²) in [5.74, 6) is -0.0880. The molecule has 7 heteroatoms. The highest BCUT2D eigenvalue weighted by Crippen LogP contribution is 2.26. The lowest BCUT2D eigenvalue weighted by molar-refractivity contribution is 0.0995. The molecule has 1 unspecified atom stereocenters. The van der Waals surface area contributed by atoms with Gasteiger partial charge in [-0.1, -0.05) is 0 Å². The molecule has 1 atom stereocenters. The lowest BCUT2D eigenvalue weighted by Gasteiger charge is -2.32. The molecule has 0 bridgehead atoms. The molecule has 118 valence electrons. The van der Waals surface area contributed by atoms with E-state index in [9.17, 15) is 4.79 Å². The molecule has 0 radical (unpaired) electrons. The van der Waals surface area contributed by atoms with Crippen LogP contribution in [0, 0.1) is 0 Å². The van der Waals surface area contributed by atoms with E-state index in [-0.39, 0.29) is 0 Å². The summed E-state index contributed by atoms with van der Waals surface area (Å²) in [5, 5.41) is 11.2. The number of carbonyl (C=O) groups excluding carboxylic acids is 1. The van der Waals surface area contributed by atoms with Crippen molar-refractivity contribution >= 4 is 5.91 Å². The summed E-state index contributed by atoms with van der Waals surface area (Å²) < 4.78 is 1.84. The van der Waals surface area contributed by atoms with Gasteiger partial charge >= 0.3 is 0 Å². The van der Waals surface area contributed by atoms with Crippen LogP contribution in [-0.2, 0) is 13.5 Å². The van der Waals surface area contributed by atoms with Crippen molar-refractivity contribution in [3.8, 4) is 0 Å². The van der Waals surface area contributed by atoms with Gasteiger partial charge in [0.15, 0.2) is 0 Å². The van der Waals surface area contributed by atoms with Crippen LogP contribution in [-0.4, -0.2) is 50.4 Å². The Labute approximate surface area is 129 Å². The highest BCUT2D eigenvalue weighted by atomic mass is 16.1. The van der Waals surface area contributed by atoms with E-state index in [0.717, 1.165) is 44.6 Å². The second kappa shape index (κ2) is 6.31. The Morgan fingerprint density at radius 2 is 2.41 bits per heavy atom. The molecule has 1 aliphatic rings. The van der Waals surface area contributed by atoms with Gasteiger partial charge in [0.2, 0.25) is 0 Å². The number of amides is 1. The van der Waals surface area contributed by atoms with Crippen LogP contribution in [0.1, 0.15) is 40.5 Å². The van der Waals surface area contributed by atoms with E-state index in [4.69, 9.17) is 5.73 Å². The van der Waals surface area contributed by atoms with Crippen LogP contribution in [0.2, 0.25) is 0 Å². The summed E-state index contributed by atoms with van der Waals surface area (Å²) in [4.78, 5) is 13.6. The molecule has 0 spiro atoms. The van der Waals surface area contributed by atoms with Crippen LogP contribution in [0.15, 0.2) is 18.5 Å². The first-order chi connectivity index (χ1) is 10.6. The molecule has 3 N–H and O–H groups in total. The van der Waals surface area contributed by atoms with Crippen molar-refractivity contribution in [1.82, 2.24) is 24.9 Å². The van der Waals surface area contributed by atoms with Crippen molar-refractivity contribution in [1.29, 1.82) is 0 Å². The fraction of sp³-hybridized carbons (Fsp3) is 0.533. The Balaban J connectivity index is 1.57. The number of aromatic amines is 1. The molecule has 3 rings (SSSR count). The number of nitrogens with zero attached hydrogens (tertiary/aromatic N) is 4. The first-order valence-corrected chi connectivity index (χ1v) is 7.67. The number of aromatic nitrogens is 4. The van der Waals surface area contributed by atoms with Crippen molar-refractivity contribution in [2.24, 2.45) is 12.8 Å². The zero-order valence-electron chi connectivity index (χ0n) is 12.8. The molecule has 0 saturated carbocycles. The van der Waals surface area contributed by atoms with Crippen LogP contribution >= 0.6 is 0 Å². The van der Waals surface area contributed by atoms with Crippen LogP contribution in [0.5, 0.6) is 0 Å². The van der Waals surface area contributed by atoms with Crippen molar-refractivity contribution < 1.29 is 4.79 Å². The molecular formula is C15H22N6O. The van der Waals surface area contributed by atoms with Crippen molar-refractivity contribution in [3.63, 3.8) is 0 Å². The molecule has 1 amide bonds. The Kier molecular flexibility index (Phi) is 4.24. The number of aryl methyl sites for hydroxylation is 1. The number of carbonyl (C=O) groups is 1. The lowest BCUT2D eigenvalue weighted by atomic mass is 9.94. The summed E-state index contributed by atoms with van der Waals surface area (Å²) >= 11 is 0. The predicted molar refractivity (Wildman–Crippen MR) is 82.4 cm³/mol. The van der Waals surface area contributed by atoms with E-state index in [1.54, 1.807) is 6.07 Å². The minimum absolute atomic E-state index is 0.322. The number of nitrogens with one attached hydrogen (secondary N) is 1. The number of piperidine rings is 1. The minimum atomic E-state index is -0.480. The molecule has 2 aromatic rings. The van der Waals surface area contributed by atoms with Crippen molar-refractivity contribution in [3.05, 3.63) is 35.4 Å². The quantitative estimate of drug-likeness (QED) is 0.848. The van der Waals surface area contributed by atoms with Gasteiger partial charge in [0.1, 0.15) is 5.69 Å². The molecule has 1 saturated heterocycles. The van der Waals surface area contributed by atoms with Crippen LogP contribution < -0.4 is 5.73 Å². The van der Waals surface area contributed by atoms with Crippen LogP contribution in [0.4, 0.5) is 0 Å². The highest BCUT2D eigenvalue weighted by molar-refractivity contribution is 5.90. The summed E-state index contributed by atoms with van der Waals surface area (Å²) in [5.41, 5.74) is 7.86. The molecule has 0 aliphatic carbocycles. The van der Waals surface area contributed by atoms with Gasteiger partial charge in [-0.15, -0.1) is 0 Å². The normalized spacial score (nSPS) is 19.4. The molecular weight excluding hydrogens is 280 g/mol. The van der Waals surface area contributed by atoms with Gasteiger partial charge in [0.25, 0.3) is 5.91 Å². The van der Waals surface area contributed by atoms with E-state index in [1.165, 1.54) is 5.56 Å². The third-order valence-corrected chi connectivity index (χ3v) is 4.27. The molecule has 3 heterocycles. The second-order valence-corrected chi connectivity index (χ2v) is 5.98. The van der Waals surface area contributed by atoms with E-state index < -0.39 is 5.91 Å². The van der Waals surface area contributed by atoms with Gasteiger partial charge < -0.3 is 10.6 Å². The van der Waals surface area contributed by atoms with E-state index in [0.29, 0.717) is 11.6 Å². The molecule has 22 heavy (non-hydrogen) atoms. The SMILES string of the molecule is Cn1cc(CCN2CCCC(c3cc(C(N)=O)n[nH]3)C2)cn1. The Morgan fingerprint density at radius 1 is 1.55 bits per heavy atom. The van der Waals surface area contributed by atoms with Gasteiger partial charge in [0, 0.05) is 37.9 Å². The summed E-state index contributed by atoms with van der Waals surface area (Å²) in [6, 6.07) is 1.79. The average molecular weight is 302 g/mol. The second-order valence-electron chi connectivity index (χ2n) is 5.98. The summed E-state index contributed by atoms with van der Waals surface area (Å²) in [6.07, 6.45) is 7.27. The molecule has 0 aromatic carbocycles. The van der Waals surface area contributed by atoms with Crippen molar-refractivity contribution in [2.45, 2.75) is 25.2 Å². The smallest absolute Gasteiger partial charge is 0.269 e. The van der Waals surface area contributed by atoms with Crippen LogP contribution in [0.25, 0.3) is 0 Å². The van der Waals surface area contributed by atoms with Crippen molar-refractivity contribution in [2.75, 3.05) is 19.6 Å². The standard InChI is InChI=1S/C15H22N6O/c1-20-9-11(8-17-20)4-6-21-5-2-3-12(10-21)13-7-14(15(16)22)19-18-13/h7-9,12H,2-6,10H2,1H3,(H2,16,22)(H,18,19). The number of primary amides is 1. The van der Waals surface area contributed by atoms with E-state index in [2.05, 4.69) is 26.4 Å². The molecule has 7 nitrogen and oxygen atoms in total. The largest absolute Gasteiger partial charge is 0.364 e. The summed E-state index contributed by atoms with van der Waals surface area (Å²) in [7, 11) is 1.94. The number of hydrogen-bond acceptors (Lipinski definition) is 4. The lowest BCUT2D eigenvalue weighted by Crippen LogP contribution is -2.35. The van der Waals surface area contributed by atoms with E-state index in [1.807, 2.05) is 17.9 Å². The van der Waals surface area contributed by atoms with Gasteiger partial charge in [-0.25, -0.2) is 0 Å². The summed E-state index contributed by atoms with van der Waals surface area (Å²) in [6.45, 7) is 3.13. The Hall–Kier alpha value is -2.15. The maximum atomic E-state index is 11.1. The fourth-order valence-electron chi connectivity index (χ4n) is 3.07. The maximum Gasteiger partial charge on any atom is 0.269 e. The molecule has 1 aliphatic heterocycles. The van der Waals surface area contributed by atoms with Gasteiger partial charge in [-0.05, 0) is 37.4 Å². The fourth-order valence-corrected chi connectivity index (χ4v) is 3.07. The van der Waals surface area contributed by atoms with Crippen LogP contribution in [0.3, 0.4) is 0 Å². The average Bonchev–Trinajstić information content (AvgIpc) is 3.14. The topological polar surface area (TPSA) is 92.8 Å². The van der Waals surface area contributed by atoms with Gasteiger partial charge in [0.05, 0.1) is 6.20 Å². The first-order valence-electron chi connectivity index (χ1n) is 7.67. The number of likely N-dealkylation sites (tertiary alicyclic amines) is 1. The predicted octanol–water partition coefficient (Wildman–Crippen LogP) is 0.664. The first kappa shape index (κ1) is 14.8.